The summed E-state index contributed by atoms with van der Waals surface area (Å²) in [7, 11) is 1.48. The van der Waals surface area contributed by atoms with Crippen molar-refractivity contribution in [2.24, 2.45) is 16.8 Å². The SMILES string of the molecule is CCNC(=NCCCC1CCCCC1)N1CCC(C(=O)OC)CC1.I. The highest BCUT2D eigenvalue weighted by atomic mass is 127. The minimum atomic E-state index is -0.0657. The minimum Gasteiger partial charge on any atom is -0.469 e. The number of likely N-dealkylation sites (tertiary alicyclic amines) is 1. The molecule has 1 aliphatic heterocycles. The normalized spacial score (nSPS) is 20.1. The Morgan fingerprint density at radius 2 is 1.84 bits per heavy atom. The Balaban J connectivity index is 0.00000312. The number of piperidine rings is 1. The van der Waals surface area contributed by atoms with Gasteiger partial charge >= 0.3 is 5.97 Å². The van der Waals surface area contributed by atoms with E-state index in [1.165, 1.54) is 52.1 Å². The van der Waals surface area contributed by atoms with Gasteiger partial charge in [-0.25, -0.2) is 0 Å². The summed E-state index contributed by atoms with van der Waals surface area (Å²) in [4.78, 5) is 18.8. The van der Waals surface area contributed by atoms with E-state index in [9.17, 15) is 4.79 Å². The van der Waals surface area contributed by atoms with E-state index in [-0.39, 0.29) is 35.9 Å². The number of carbonyl (C=O) groups excluding carboxylic acids is 1. The molecule has 0 radical (unpaired) electrons. The summed E-state index contributed by atoms with van der Waals surface area (Å²) in [5.74, 6) is 1.95. The van der Waals surface area contributed by atoms with Crippen LogP contribution in [0.4, 0.5) is 0 Å². The lowest BCUT2D eigenvalue weighted by atomic mass is 9.86. The van der Waals surface area contributed by atoms with Crippen molar-refractivity contribution in [3.63, 3.8) is 0 Å². The van der Waals surface area contributed by atoms with Crippen LogP contribution < -0.4 is 5.32 Å². The number of nitrogens with zero attached hydrogens (tertiary/aromatic N) is 2. The van der Waals surface area contributed by atoms with Crippen molar-refractivity contribution < 1.29 is 9.53 Å². The van der Waals surface area contributed by atoms with Gasteiger partial charge < -0.3 is 15.0 Å². The Bertz CT molecular complexity index is 403. The van der Waals surface area contributed by atoms with E-state index in [4.69, 9.17) is 9.73 Å². The smallest absolute Gasteiger partial charge is 0.308 e. The van der Waals surface area contributed by atoms with Gasteiger partial charge in [0.25, 0.3) is 0 Å². The zero-order chi connectivity index (χ0) is 17.2. The third kappa shape index (κ3) is 7.71. The monoisotopic (exact) mass is 465 g/mol. The fourth-order valence-electron chi connectivity index (χ4n) is 3.96. The molecule has 146 valence electrons. The molecular formula is C19H36IN3O2. The number of aliphatic imine (C=N–C) groups is 1. The van der Waals surface area contributed by atoms with E-state index in [0.29, 0.717) is 0 Å². The lowest BCUT2D eigenvalue weighted by molar-refractivity contribution is -0.146. The number of rotatable bonds is 6. The van der Waals surface area contributed by atoms with Gasteiger partial charge in [-0.05, 0) is 38.5 Å². The van der Waals surface area contributed by atoms with Gasteiger partial charge in [0.15, 0.2) is 5.96 Å². The van der Waals surface area contributed by atoms with Crippen LogP contribution in [0.2, 0.25) is 0 Å². The Kier molecular flexibility index (Phi) is 11.5. The average Bonchev–Trinajstić information content (AvgIpc) is 2.64. The molecule has 1 N–H and O–H groups in total. The molecule has 2 aliphatic rings. The van der Waals surface area contributed by atoms with Crippen LogP contribution in [0.3, 0.4) is 0 Å². The quantitative estimate of drug-likeness (QED) is 0.213. The van der Waals surface area contributed by atoms with E-state index in [0.717, 1.165) is 50.9 Å². The molecule has 0 bridgehead atoms. The van der Waals surface area contributed by atoms with E-state index in [1.807, 2.05) is 0 Å². The van der Waals surface area contributed by atoms with Gasteiger partial charge in [0.2, 0.25) is 0 Å². The maximum atomic E-state index is 11.6. The summed E-state index contributed by atoms with van der Waals surface area (Å²) in [5, 5.41) is 3.41. The van der Waals surface area contributed by atoms with Crippen LogP contribution in [-0.4, -0.2) is 50.1 Å². The summed E-state index contributed by atoms with van der Waals surface area (Å²) in [6.45, 7) is 5.68. The van der Waals surface area contributed by atoms with Crippen LogP contribution in [0, 0.1) is 11.8 Å². The van der Waals surface area contributed by atoms with E-state index in [2.05, 4.69) is 17.1 Å². The number of esters is 1. The molecule has 0 amide bonds. The van der Waals surface area contributed by atoms with Crippen LogP contribution in [0.25, 0.3) is 0 Å². The van der Waals surface area contributed by atoms with Crippen LogP contribution >= 0.6 is 24.0 Å². The number of guanidine groups is 1. The highest BCUT2D eigenvalue weighted by Gasteiger charge is 2.26. The molecule has 0 aromatic rings. The van der Waals surface area contributed by atoms with Crippen LogP contribution in [0.5, 0.6) is 0 Å². The molecule has 1 saturated carbocycles. The van der Waals surface area contributed by atoms with Gasteiger partial charge in [0.1, 0.15) is 0 Å². The van der Waals surface area contributed by atoms with Crippen LogP contribution in [0.1, 0.15) is 64.7 Å². The van der Waals surface area contributed by atoms with E-state index < -0.39 is 0 Å². The average molecular weight is 465 g/mol. The second-order valence-corrected chi connectivity index (χ2v) is 7.17. The molecule has 2 fully saturated rings. The van der Waals surface area contributed by atoms with Crippen molar-refractivity contribution in [3.05, 3.63) is 0 Å². The largest absolute Gasteiger partial charge is 0.469 e. The Labute approximate surface area is 170 Å². The second kappa shape index (κ2) is 12.8. The number of carbonyl (C=O) groups is 1. The van der Waals surface area contributed by atoms with Gasteiger partial charge in [0, 0.05) is 26.2 Å². The lowest BCUT2D eigenvalue weighted by Crippen LogP contribution is -2.46. The molecule has 6 heteroatoms. The molecule has 0 spiro atoms. The zero-order valence-electron chi connectivity index (χ0n) is 16.0. The molecular weight excluding hydrogens is 429 g/mol. The summed E-state index contributed by atoms with van der Waals surface area (Å²) >= 11 is 0. The standard InChI is InChI=1S/C19H35N3O2.HI/c1-3-20-19(21-13-7-10-16-8-5-4-6-9-16)22-14-11-17(12-15-22)18(23)24-2;/h16-17H,3-15H2,1-2H3,(H,20,21);1H. The maximum Gasteiger partial charge on any atom is 0.308 e. The predicted molar refractivity (Wildman–Crippen MR) is 114 cm³/mol. The summed E-state index contributed by atoms with van der Waals surface area (Å²) in [6, 6.07) is 0. The highest BCUT2D eigenvalue weighted by molar-refractivity contribution is 14.0. The van der Waals surface area contributed by atoms with E-state index in [1.54, 1.807) is 0 Å². The highest BCUT2D eigenvalue weighted by Crippen LogP contribution is 2.27. The third-order valence-corrected chi connectivity index (χ3v) is 5.42. The van der Waals surface area contributed by atoms with Crippen LogP contribution in [0.15, 0.2) is 4.99 Å². The van der Waals surface area contributed by atoms with Gasteiger partial charge in [-0.3, -0.25) is 9.79 Å². The summed E-state index contributed by atoms with van der Waals surface area (Å²) in [5.41, 5.74) is 0. The number of hydrogen-bond donors (Lipinski definition) is 1. The van der Waals surface area contributed by atoms with Gasteiger partial charge in [-0.15, -0.1) is 24.0 Å². The van der Waals surface area contributed by atoms with Crippen molar-refractivity contribution in [2.45, 2.75) is 64.7 Å². The molecule has 5 nitrogen and oxygen atoms in total. The third-order valence-electron chi connectivity index (χ3n) is 5.42. The number of halogens is 1. The van der Waals surface area contributed by atoms with Crippen molar-refractivity contribution >= 4 is 35.9 Å². The fourth-order valence-corrected chi connectivity index (χ4v) is 3.96. The molecule has 1 aliphatic carbocycles. The van der Waals surface area contributed by atoms with Crippen molar-refractivity contribution in [1.82, 2.24) is 10.2 Å². The summed E-state index contributed by atoms with van der Waals surface area (Å²) < 4.78 is 4.87. The second-order valence-electron chi connectivity index (χ2n) is 7.17. The molecule has 1 heterocycles. The Morgan fingerprint density at radius 3 is 2.44 bits per heavy atom. The van der Waals surface area contributed by atoms with Gasteiger partial charge in [0.05, 0.1) is 13.0 Å². The first kappa shape index (κ1) is 22.5. The maximum absolute atomic E-state index is 11.6. The molecule has 0 unspecified atom stereocenters. The zero-order valence-corrected chi connectivity index (χ0v) is 18.3. The Morgan fingerprint density at radius 1 is 1.16 bits per heavy atom. The topological polar surface area (TPSA) is 53.9 Å². The number of methoxy groups -OCH3 is 1. The first-order valence-electron chi connectivity index (χ1n) is 9.85. The van der Waals surface area contributed by atoms with Gasteiger partial charge in [-0.1, -0.05) is 32.1 Å². The molecule has 0 atom stereocenters. The predicted octanol–water partition coefficient (Wildman–Crippen LogP) is 3.82. The van der Waals surface area contributed by atoms with E-state index >= 15 is 0 Å². The van der Waals surface area contributed by atoms with Crippen molar-refractivity contribution in [3.8, 4) is 0 Å². The molecule has 25 heavy (non-hydrogen) atoms. The van der Waals surface area contributed by atoms with Crippen LogP contribution in [-0.2, 0) is 9.53 Å². The molecule has 1 saturated heterocycles. The van der Waals surface area contributed by atoms with Gasteiger partial charge in [-0.2, -0.15) is 0 Å². The minimum absolute atomic E-state index is 0. The molecule has 0 aromatic carbocycles. The first-order chi connectivity index (χ1) is 11.7. The molecule has 0 aromatic heterocycles. The van der Waals surface area contributed by atoms with Crippen molar-refractivity contribution in [2.75, 3.05) is 33.3 Å². The fraction of sp³-hybridized carbons (Fsp3) is 0.895. The Hall–Kier alpha value is -0.530. The number of nitrogens with one attached hydrogen (secondary N) is 1. The number of hydrogen-bond acceptors (Lipinski definition) is 3. The molecule has 2 rings (SSSR count). The lowest BCUT2D eigenvalue weighted by Gasteiger charge is -2.33. The van der Waals surface area contributed by atoms with Crippen molar-refractivity contribution in [1.29, 1.82) is 0 Å². The first-order valence-corrected chi connectivity index (χ1v) is 9.85. The summed E-state index contributed by atoms with van der Waals surface area (Å²) in [6.07, 6.45) is 11.4. The number of ether oxygens (including phenoxy) is 1.